The highest BCUT2D eigenvalue weighted by molar-refractivity contribution is 5.85. The molecular formula is C13H18N2. The summed E-state index contributed by atoms with van der Waals surface area (Å²) in [5.41, 5.74) is 10.9. The van der Waals surface area contributed by atoms with Crippen LogP contribution in [0.2, 0.25) is 0 Å². The maximum absolute atomic E-state index is 5.57. The van der Waals surface area contributed by atoms with Gasteiger partial charge in [-0.2, -0.15) is 0 Å². The summed E-state index contributed by atoms with van der Waals surface area (Å²) in [6.45, 7) is 5.07. The van der Waals surface area contributed by atoms with E-state index < -0.39 is 0 Å². The van der Waals surface area contributed by atoms with E-state index in [1.165, 1.54) is 27.7 Å². The van der Waals surface area contributed by atoms with Crippen LogP contribution in [0.4, 0.5) is 0 Å². The molecule has 0 unspecified atom stereocenters. The summed E-state index contributed by atoms with van der Waals surface area (Å²) in [6, 6.07) is 6.64. The third kappa shape index (κ3) is 1.55. The minimum atomic E-state index is 0.719. The fraction of sp³-hybridized carbons (Fsp3) is 0.385. The first-order valence-corrected chi connectivity index (χ1v) is 5.39. The van der Waals surface area contributed by atoms with E-state index in [2.05, 4.69) is 43.7 Å². The average Bonchev–Trinajstić information content (AvgIpc) is 2.45. The minimum absolute atomic E-state index is 0.719. The Bertz CT molecular complexity index is 495. The maximum Gasteiger partial charge on any atom is 0.0482 e. The zero-order valence-electron chi connectivity index (χ0n) is 9.67. The third-order valence-corrected chi connectivity index (χ3v) is 3.31. The van der Waals surface area contributed by atoms with Crippen molar-refractivity contribution < 1.29 is 0 Å². The van der Waals surface area contributed by atoms with E-state index in [0.29, 0.717) is 0 Å². The molecule has 2 heteroatoms. The first kappa shape index (κ1) is 10.2. The summed E-state index contributed by atoms with van der Waals surface area (Å²) in [6.07, 6.45) is 0.962. The standard InChI is InChI=1S/C13H18N2/c1-9-10(2)15(3)13-5-4-11(6-7-14)8-12(9)13/h4-5,8H,6-7,14H2,1-3H3. The van der Waals surface area contributed by atoms with E-state index in [1.54, 1.807) is 0 Å². The van der Waals surface area contributed by atoms with Crippen molar-refractivity contribution in [2.75, 3.05) is 6.54 Å². The van der Waals surface area contributed by atoms with Crippen LogP contribution >= 0.6 is 0 Å². The largest absolute Gasteiger partial charge is 0.348 e. The van der Waals surface area contributed by atoms with Gasteiger partial charge in [0.05, 0.1) is 0 Å². The topological polar surface area (TPSA) is 30.9 Å². The van der Waals surface area contributed by atoms with Crippen LogP contribution in [0.3, 0.4) is 0 Å². The van der Waals surface area contributed by atoms with Gasteiger partial charge in [0.15, 0.2) is 0 Å². The molecule has 0 aliphatic heterocycles. The van der Waals surface area contributed by atoms with Crippen LogP contribution in [0, 0.1) is 13.8 Å². The van der Waals surface area contributed by atoms with E-state index in [1.807, 2.05) is 0 Å². The van der Waals surface area contributed by atoms with Gasteiger partial charge in [0.25, 0.3) is 0 Å². The molecule has 0 fully saturated rings. The average molecular weight is 202 g/mol. The molecule has 1 aromatic heterocycles. The molecule has 1 heterocycles. The van der Waals surface area contributed by atoms with Crippen molar-refractivity contribution in [3.8, 4) is 0 Å². The molecule has 0 saturated carbocycles. The molecule has 1 aromatic carbocycles. The Morgan fingerprint density at radius 1 is 1.27 bits per heavy atom. The number of nitrogens with two attached hydrogens (primary N) is 1. The molecule has 0 aliphatic rings. The molecule has 2 rings (SSSR count). The molecule has 0 aliphatic carbocycles. The van der Waals surface area contributed by atoms with Crippen molar-refractivity contribution in [2.24, 2.45) is 12.8 Å². The summed E-state index contributed by atoms with van der Waals surface area (Å²) < 4.78 is 2.25. The Morgan fingerprint density at radius 2 is 2.00 bits per heavy atom. The summed E-state index contributed by atoms with van der Waals surface area (Å²) in [5.74, 6) is 0. The number of rotatable bonds is 2. The molecular weight excluding hydrogens is 184 g/mol. The van der Waals surface area contributed by atoms with Gasteiger partial charge < -0.3 is 10.3 Å². The van der Waals surface area contributed by atoms with Gasteiger partial charge in [-0.25, -0.2) is 0 Å². The first-order chi connectivity index (χ1) is 7.15. The van der Waals surface area contributed by atoms with Crippen LogP contribution in [-0.2, 0) is 13.5 Å². The molecule has 80 valence electrons. The van der Waals surface area contributed by atoms with Crippen LogP contribution in [0.15, 0.2) is 18.2 Å². The molecule has 2 N–H and O–H groups in total. The monoisotopic (exact) mass is 202 g/mol. The molecule has 0 spiro atoms. The molecule has 2 aromatic rings. The fourth-order valence-electron chi connectivity index (χ4n) is 2.13. The van der Waals surface area contributed by atoms with Crippen molar-refractivity contribution in [1.82, 2.24) is 4.57 Å². The number of nitrogens with zero attached hydrogens (tertiary/aromatic N) is 1. The quantitative estimate of drug-likeness (QED) is 0.796. The van der Waals surface area contributed by atoms with Crippen LogP contribution in [0.5, 0.6) is 0 Å². The second-order valence-electron chi connectivity index (χ2n) is 4.16. The van der Waals surface area contributed by atoms with Gasteiger partial charge in [0.2, 0.25) is 0 Å². The third-order valence-electron chi connectivity index (χ3n) is 3.31. The van der Waals surface area contributed by atoms with Crippen LogP contribution in [0.1, 0.15) is 16.8 Å². The molecule has 0 bridgehead atoms. The number of benzene rings is 1. The van der Waals surface area contributed by atoms with E-state index in [0.717, 1.165) is 13.0 Å². The first-order valence-electron chi connectivity index (χ1n) is 5.39. The summed E-state index contributed by atoms with van der Waals surface area (Å²) in [7, 11) is 2.12. The lowest BCUT2D eigenvalue weighted by molar-refractivity contribution is 0.910. The zero-order valence-corrected chi connectivity index (χ0v) is 9.67. The SMILES string of the molecule is Cc1c(C)n(C)c2ccc(CCN)cc12. The molecule has 15 heavy (non-hydrogen) atoms. The van der Waals surface area contributed by atoms with Gasteiger partial charge in [0.1, 0.15) is 0 Å². The number of hydrogen-bond acceptors (Lipinski definition) is 1. The zero-order chi connectivity index (χ0) is 11.0. The van der Waals surface area contributed by atoms with Crippen molar-refractivity contribution in [1.29, 1.82) is 0 Å². The molecule has 0 amide bonds. The Labute approximate surface area is 90.7 Å². The van der Waals surface area contributed by atoms with Crippen molar-refractivity contribution in [3.63, 3.8) is 0 Å². The number of fused-ring (bicyclic) bond motifs is 1. The highest BCUT2D eigenvalue weighted by Crippen LogP contribution is 2.25. The van der Waals surface area contributed by atoms with Crippen LogP contribution in [-0.4, -0.2) is 11.1 Å². The normalized spacial score (nSPS) is 11.2. The van der Waals surface area contributed by atoms with Crippen molar-refractivity contribution in [3.05, 3.63) is 35.0 Å². The van der Waals surface area contributed by atoms with Gasteiger partial charge in [-0.3, -0.25) is 0 Å². The highest BCUT2D eigenvalue weighted by atomic mass is 14.9. The predicted octanol–water partition coefficient (Wildman–Crippen LogP) is 2.30. The minimum Gasteiger partial charge on any atom is -0.348 e. The second-order valence-corrected chi connectivity index (χ2v) is 4.16. The number of hydrogen-bond donors (Lipinski definition) is 1. The Morgan fingerprint density at radius 3 is 2.67 bits per heavy atom. The van der Waals surface area contributed by atoms with Gasteiger partial charge in [-0.1, -0.05) is 6.07 Å². The Hall–Kier alpha value is -1.28. The smallest absolute Gasteiger partial charge is 0.0482 e. The van der Waals surface area contributed by atoms with Gasteiger partial charge in [-0.05, 0) is 50.1 Å². The van der Waals surface area contributed by atoms with Gasteiger partial charge in [-0.15, -0.1) is 0 Å². The Balaban J connectivity index is 2.66. The van der Waals surface area contributed by atoms with Gasteiger partial charge in [0, 0.05) is 23.6 Å². The summed E-state index contributed by atoms with van der Waals surface area (Å²) in [5, 5.41) is 1.36. The number of aryl methyl sites for hydroxylation is 2. The van der Waals surface area contributed by atoms with E-state index in [4.69, 9.17) is 5.73 Å². The van der Waals surface area contributed by atoms with E-state index >= 15 is 0 Å². The maximum atomic E-state index is 5.57. The van der Waals surface area contributed by atoms with Crippen LogP contribution in [0.25, 0.3) is 10.9 Å². The highest BCUT2D eigenvalue weighted by Gasteiger charge is 2.07. The second kappa shape index (κ2) is 3.70. The van der Waals surface area contributed by atoms with Crippen molar-refractivity contribution in [2.45, 2.75) is 20.3 Å². The molecule has 2 nitrogen and oxygen atoms in total. The predicted molar refractivity (Wildman–Crippen MR) is 65.2 cm³/mol. The van der Waals surface area contributed by atoms with Crippen molar-refractivity contribution >= 4 is 10.9 Å². The Kier molecular flexibility index (Phi) is 2.53. The molecule has 0 atom stereocenters. The molecule has 0 saturated heterocycles. The number of aromatic nitrogens is 1. The van der Waals surface area contributed by atoms with Gasteiger partial charge >= 0.3 is 0 Å². The van der Waals surface area contributed by atoms with E-state index in [9.17, 15) is 0 Å². The summed E-state index contributed by atoms with van der Waals surface area (Å²) >= 11 is 0. The fourth-order valence-corrected chi connectivity index (χ4v) is 2.13. The lowest BCUT2D eigenvalue weighted by atomic mass is 10.1. The molecule has 0 radical (unpaired) electrons. The lowest BCUT2D eigenvalue weighted by Crippen LogP contribution is -2.02. The van der Waals surface area contributed by atoms with E-state index in [-0.39, 0.29) is 0 Å². The summed E-state index contributed by atoms with van der Waals surface area (Å²) in [4.78, 5) is 0. The van der Waals surface area contributed by atoms with Crippen LogP contribution < -0.4 is 5.73 Å². The lowest BCUT2D eigenvalue weighted by Gasteiger charge is -2.01.